The van der Waals surface area contributed by atoms with Crippen molar-refractivity contribution in [1.82, 2.24) is 4.90 Å². The van der Waals surface area contributed by atoms with E-state index in [1.54, 1.807) is 6.92 Å². The molecule has 0 atom stereocenters. The first-order valence-electron chi connectivity index (χ1n) is 6.27. The third kappa shape index (κ3) is 2.70. The van der Waals surface area contributed by atoms with Gasteiger partial charge in [-0.3, -0.25) is 9.59 Å². The van der Waals surface area contributed by atoms with Crippen LogP contribution in [0.25, 0.3) is 0 Å². The highest BCUT2D eigenvalue weighted by Crippen LogP contribution is 2.20. The normalized spacial score (nSPS) is 16.3. The van der Waals surface area contributed by atoms with Gasteiger partial charge in [0.1, 0.15) is 0 Å². The molecule has 18 heavy (non-hydrogen) atoms. The zero-order valence-electron chi connectivity index (χ0n) is 10.6. The van der Waals surface area contributed by atoms with Crippen molar-refractivity contribution in [3.8, 4) is 0 Å². The van der Waals surface area contributed by atoms with Crippen molar-refractivity contribution < 1.29 is 9.59 Å². The zero-order chi connectivity index (χ0) is 13.0. The maximum absolute atomic E-state index is 11.4. The van der Waals surface area contributed by atoms with Crippen molar-refractivity contribution in [3.05, 3.63) is 29.8 Å². The standard InChI is InChI=1S/C14H18N2O2/c1-12(18)15-7-4-8-16(10-9-15)14-6-3-2-5-13(14)11-17/h2-3,5-6,11H,4,7-10H2,1H3. The molecule has 0 aromatic heterocycles. The Kier molecular flexibility index (Phi) is 3.97. The van der Waals surface area contributed by atoms with E-state index in [9.17, 15) is 9.59 Å². The lowest BCUT2D eigenvalue weighted by molar-refractivity contribution is -0.128. The van der Waals surface area contributed by atoms with Crippen LogP contribution in [0.1, 0.15) is 23.7 Å². The lowest BCUT2D eigenvalue weighted by atomic mass is 10.1. The molecule has 1 amide bonds. The highest BCUT2D eigenvalue weighted by molar-refractivity contribution is 5.84. The third-order valence-corrected chi connectivity index (χ3v) is 3.35. The Morgan fingerprint density at radius 1 is 1.17 bits per heavy atom. The lowest BCUT2D eigenvalue weighted by Gasteiger charge is -2.24. The number of carbonyl (C=O) groups is 2. The van der Waals surface area contributed by atoms with Crippen molar-refractivity contribution >= 4 is 17.9 Å². The SMILES string of the molecule is CC(=O)N1CCCN(c2ccccc2C=O)CC1. The fourth-order valence-corrected chi connectivity index (χ4v) is 2.35. The minimum absolute atomic E-state index is 0.125. The summed E-state index contributed by atoms with van der Waals surface area (Å²) in [7, 11) is 0. The molecular weight excluding hydrogens is 228 g/mol. The van der Waals surface area contributed by atoms with E-state index in [1.165, 1.54) is 0 Å². The van der Waals surface area contributed by atoms with E-state index in [1.807, 2.05) is 29.2 Å². The number of hydrogen-bond acceptors (Lipinski definition) is 3. The number of nitrogens with zero attached hydrogens (tertiary/aromatic N) is 2. The molecular formula is C14H18N2O2. The Morgan fingerprint density at radius 2 is 1.94 bits per heavy atom. The smallest absolute Gasteiger partial charge is 0.219 e. The quantitative estimate of drug-likeness (QED) is 0.743. The number of amides is 1. The van der Waals surface area contributed by atoms with Gasteiger partial charge in [-0.15, -0.1) is 0 Å². The van der Waals surface area contributed by atoms with Gasteiger partial charge in [-0.05, 0) is 18.6 Å². The second-order valence-electron chi connectivity index (χ2n) is 4.52. The molecule has 0 saturated carbocycles. The maximum atomic E-state index is 11.4. The van der Waals surface area contributed by atoms with Gasteiger partial charge in [0.05, 0.1) is 0 Å². The molecule has 4 nitrogen and oxygen atoms in total. The first-order chi connectivity index (χ1) is 8.72. The summed E-state index contributed by atoms with van der Waals surface area (Å²) in [5.41, 5.74) is 1.69. The van der Waals surface area contributed by atoms with Crippen LogP contribution >= 0.6 is 0 Å². The van der Waals surface area contributed by atoms with Crippen LogP contribution in [0.3, 0.4) is 0 Å². The third-order valence-electron chi connectivity index (χ3n) is 3.35. The van der Waals surface area contributed by atoms with Crippen LogP contribution in [0, 0.1) is 0 Å². The van der Waals surface area contributed by atoms with Gasteiger partial charge in [-0.25, -0.2) is 0 Å². The molecule has 1 fully saturated rings. The van der Waals surface area contributed by atoms with Gasteiger partial charge in [0.15, 0.2) is 6.29 Å². The minimum atomic E-state index is 0.125. The maximum Gasteiger partial charge on any atom is 0.219 e. The van der Waals surface area contributed by atoms with Crippen LogP contribution < -0.4 is 4.90 Å². The Balaban J connectivity index is 2.14. The number of hydrogen-bond donors (Lipinski definition) is 0. The molecule has 1 aromatic carbocycles. The predicted octanol–water partition coefficient (Wildman–Crippen LogP) is 1.56. The number of aldehydes is 1. The summed E-state index contributed by atoms with van der Waals surface area (Å²) in [5.74, 6) is 0.125. The molecule has 1 aliphatic heterocycles. The van der Waals surface area contributed by atoms with E-state index in [0.717, 1.165) is 44.6 Å². The van der Waals surface area contributed by atoms with E-state index in [-0.39, 0.29) is 5.91 Å². The number of rotatable bonds is 2. The van der Waals surface area contributed by atoms with E-state index in [0.29, 0.717) is 5.56 Å². The van der Waals surface area contributed by atoms with E-state index in [4.69, 9.17) is 0 Å². The van der Waals surface area contributed by atoms with Crippen molar-refractivity contribution in [1.29, 1.82) is 0 Å². The summed E-state index contributed by atoms with van der Waals surface area (Å²) in [6.07, 6.45) is 1.83. The molecule has 0 aliphatic carbocycles. The van der Waals surface area contributed by atoms with E-state index >= 15 is 0 Å². The largest absolute Gasteiger partial charge is 0.369 e. The minimum Gasteiger partial charge on any atom is -0.369 e. The van der Waals surface area contributed by atoms with Crippen LogP contribution in [0.2, 0.25) is 0 Å². The summed E-state index contributed by atoms with van der Waals surface area (Å²) in [6, 6.07) is 7.60. The Hall–Kier alpha value is -1.84. The molecule has 2 rings (SSSR count). The molecule has 1 saturated heterocycles. The van der Waals surface area contributed by atoms with Crippen molar-refractivity contribution in [2.24, 2.45) is 0 Å². The molecule has 0 spiro atoms. The number of para-hydroxylation sites is 1. The van der Waals surface area contributed by atoms with Gasteiger partial charge in [0.25, 0.3) is 0 Å². The number of carbonyl (C=O) groups excluding carboxylic acids is 2. The monoisotopic (exact) mass is 246 g/mol. The van der Waals surface area contributed by atoms with E-state index < -0.39 is 0 Å². The Bertz CT molecular complexity index is 445. The lowest BCUT2D eigenvalue weighted by Crippen LogP contribution is -2.33. The summed E-state index contributed by atoms with van der Waals surface area (Å²) < 4.78 is 0. The summed E-state index contributed by atoms with van der Waals surface area (Å²) in [4.78, 5) is 26.5. The van der Waals surface area contributed by atoms with Gasteiger partial charge < -0.3 is 9.80 Å². The van der Waals surface area contributed by atoms with Gasteiger partial charge in [-0.2, -0.15) is 0 Å². The first kappa shape index (κ1) is 12.6. The molecule has 4 heteroatoms. The molecule has 1 heterocycles. The molecule has 96 valence electrons. The number of anilines is 1. The van der Waals surface area contributed by atoms with Gasteiger partial charge in [-0.1, -0.05) is 12.1 Å². The van der Waals surface area contributed by atoms with Gasteiger partial charge in [0.2, 0.25) is 5.91 Å². The van der Waals surface area contributed by atoms with Crippen molar-refractivity contribution in [2.75, 3.05) is 31.1 Å². The highest BCUT2D eigenvalue weighted by Gasteiger charge is 2.18. The average Bonchev–Trinajstić information content (AvgIpc) is 2.64. The van der Waals surface area contributed by atoms with Gasteiger partial charge in [0, 0.05) is 44.4 Å². The average molecular weight is 246 g/mol. The molecule has 0 bridgehead atoms. The fourth-order valence-electron chi connectivity index (χ4n) is 2.35. The second kappa shape index (κ2) is 5.67. The second-order valence-corrected chi connectivity index (χ2v) is 4.52. The summed E-state index contributed by atoms with van der Waals surface area (Å²) >= 11 is 0. The van der Waals surface area contributed by atoms with Crippen LogP contribution in [0.15, 0.2) is 24.3 Å². The van der Waals surface area contributed by atoms with Gasteiger partial charge >= 0.3 is 0 Å². The topological polar surface area (TPSA) is 40.6 Å². The Labute approximate surface area is 107 Å². The summed E-state index contributed by atoms with van der Waals surface area (Å²) in [5, 5.41) is 0. The fraction of sp³-hybridized carbons (Fsp3) is 0.429. The van der Waals surface area contributed by atoms with Crippen LogP contribution in [0.4, 0.5) is 5.69 Å². The highest BCUT2D eigenvalue weighted by atomic mass is 16.2. The van der Waals surface area contributed by atoms with Crippen molar-refractivity contribution in [3.63, 3.8) is 0 Å². The van der Waals surface area contributed by atoms with Crippen LogP contribution in [-0.4, -0.2) is 43.3 Å². The first-order valence-corrected chi connectivity index (χ1v) is 6.27. The molecule has 0 unspecified atom stereocenters. The zero-order valence-corrected chi connectivity index (χ0v) is 10.6. The van der Waals surface area contributed by atoms with Crippen molar-refractivity contribution in [2.45, 2.75) is 13.3 Å². The molecule has 0 N–H and O–H groups in total. The molecule has 0 radical (unpaired) electrons. The molecule has 1 aliphatic rings. The predicted molar refractivity (Wildman–Crippen MR) is 70.9 cm³/mol. The van der Waals surface area contributed by atoms with E-state index in [2.05, 4.69) is 4.90 Å². The van der Waals surface area contributed by atoms with Crippen LogP contribution in [-0.2, 0) is 4.79 Å². The summed E-state index contributed by atoms with van der Waals surface area (Å²) in [6.45, 7) is 4.80. The Morgan fingerprint density at radius 3 is 2.67 bits per heavy atom. The molecule has 1 aromatic rings. The number of benzene rings is 1. The van der Waals surface area contributed by atoms with Crippen LogP contribution in [0.5, 0.6) is 0 Å².